The van der Waals surface area contributed by atoms with Crippen molar-refractivity contribution in [3.05, 3.63) is 52.6 Å². The van der Waals surface area contributed by atoms with Crippen LogP contribution < -0.4 is 4.74 Å². The second kappa shape index (κ2) is 8.28. The maximum absolute atomic E-state index is 12.9. The molecule has 0 aliphatic carbocycles. The van der Waals surface area contributed by atoms with Gasteiger partial charge in [0.15, 0.2) is 0 Å². The number of aromatic nitrogens is 4. The smallest absolute Gasteiger partial charge is 0.405 e. The normalized spacial score (nSPS) is 12.3. The molecule has 172 valence electrons. The van der Waals surface area contributed by atoms with Crippen LogP contribution in [0.4, 0.5) is 26.3 Å². The fraction of sp³-hybridized carbons (Fsp3) is 0.368. The summed E-state index contributed by atoms with van der Waals surface area (Å²) in [5.74, 6) is -2.53. The van der Waals surface area contributed by atoms with E-state index >= 15 is 0 Å². The maximum atomic E-state index is 12.9. The summed E-state index contributed by atoms with van der Waals surface area (Å²) in [6.07, 6.45) is -9.89. The van der Waals surface area contributed by atoms with Gasteiger partial charge in [0.25, 0.3) is 11.6 Å². The first-order chi connectivity index (χ1) is 14.8. The minimum absolute atomic E-state index is 0.133. The summed E-state index contributed by atoms with van der Waals surface area (Å²) >= 11 is 0. The van der Waals surface area contributed by atoms with Crippen LogP contribution in [0.3, 0.4) is 0 Å². The van der Waals surface area contributed by atoms with Gasteiger partial charge in [0.05, 0.1) is 6.42 Å². The van der Waals surface area contributed by atoms with E-state index in [4.69, 9.17) is 0 Å². The van der Waals surface area contributed by atoms with Crippen molar-refractivity contribution < 1.29 is 35.9 Å². The number of benzene rings is 1. The third kappa shape index (κ3) is 5.08. The number of likely N-dealkylation sites (N-methyl/N-ethyl adjacent to an activating group) is 1. The zero-order valence-electron chi connectivity index (χ0n) is 17.0. The zero-order valence-corrected chi connectivity index (χ0v) is 17.0. The van der Waals surface area contributed by atoms with E-state index in [1.165, 1.54) is 44.0 Å². The van der Waals surface area contributed by atoms with E-state index in [1.54, 1.807) is 0 Å². The Morgan fingerprint density at radius 2 is 1.75 bits per heavy atom. The summed E-state index contributed by atoms with van der Waals surface area (Å²) in [6.45, 7) is 2.82. The van der Waals surface area contributed by atoms with E-state index in [2.05, 4.69) is 19.8 Å². The van der Waals surface area contributed by atoms with E-state index in [0.29, 0.717) is 11.3 Å². The van der Waals surface area contributed by atoms with Crippen LogP contribution in [0.15, 0.2) is 24.3 Å². The third-order valence-electron chi connectivity index (χ3n) is 4.66. The molecule has 0 saturated heterocycles. The average Bonchev–Trinajstić information content (AvgIpc) is 3.10. The molecule has 3 aromatic rings. The molecule has 1 amide bonds. The Bertz CT molecular complexity index is 1160. The molecule has 0 aliphatic rings. The van der Waals surface area contributed by atoms with Crippen molar-refractivity contribution >= 4 is 11.7 Å². The lowest BCUT2D eigenvalue weighted by atomic mass is 10.1. The molecule has 0 bridgehead atoms. The molecule has 0 radical (unpaired) electrons. The first kappa shape index (κ1) is 23.3. The zero-order chi connectivity index (χ0) is 23.8. The monoisotopic (exact) mass is 461 g/mol. The van der Waals surface area contributed by atoms with Crippen molar-refractivity contribution in [1.29, 1.82) is 0 Å². The molecule has 0 aliphatic heterocycles. The van der Waals surface area contributed by atoms with Crippen molar-refractivity contribution in [2.75, 3.05) is 7.05 Å². The number of carbonyl (C=O) groups is 1. The minimum atomic E-state index is -4.89. The number of ether oxygens (including phenoxy) is 1. The van der Waals surface area contributed by atoms with E-state index < -0.39 is 30.0 Å². The Morgan fingerprint density at radius 1 is 1.09 bits per heavy atom. The van der Waals surface area contributed by atoms with Crippen molar-refractivity contribution in [3.8, 4) is 5.75 Å². The average molecular weight is 461 g/mol. The van der Waals surface area contributed by atoms with Crippen molar-refractivity contribution in [1.82, 2.24) is 24.5 Å². The lowest BCUT2D eigenvalue weighted by molar-refractivity contribution is -0.275. The number of amides is 1. The van der Waals surface area contributed by atoms with Crippen molar-refractivity contribution in [2.24, 2.45) is 0 Å². The van der Waals surface area contributed by atoms with E-state index in [0.717, 1.165) is 10.6 Å². The van der Waals surface area contributed by atoms with Crippen LogP contribution in [0.5, 0.6) is 5.75 Å². The van der Waals surface area contributed by atoms with Crippen molar-refractivity contribution in [3.63, 3.8) is 0 Å². The number of alkyl halides is 6. The van der Waals surface area contributed by atoms with Crippen molar-refractivity contribution in [2.45, 2.75) is 39.4 Å². The number of nitrogens with zero attached hydrogens (tertiary/aromatic N) is 5. The van der Waals surface area contributed by atoms with Crippen LogP contribution in [-0.4, -0.2) is 43.8 Å². The molecular formula is C19H17F6N5O2. The van der Waals surface area contributed by atoms with Gasteiger partial charge in [0.2, 0.25) is 5.91 Å². The number of halogens is 6. The molecule has 2 heterocycles. The molecule has 13 heteroatoms. The van der Waals surface area contributed by atoms with E-state index in [9.17, 15) is 31.1 Å². The van der Waals surface area contributed by atoms with Gasteiger partial charge in [0, 0.05) is 36.1 Å². The number of hydrogen-bond donors (Lipinski definition) is 0. The van der Waals surface area contributed by atoms with Gasteiger partial charge in [0.1, 0.15) is 5.75 Å². The predicted molar refractivity (Wildman–Crippen MR) is 98.6 cm³/mol. The molecule has 32 heavy (non-hydrogen) atoms. The Kier molecular flexibility index (Phi) is 6.03. The van der Waals surface area contributed by atoms with Gasteiger partial charge in [-0.3, -0.25) is 4.79 Å². The topological polar surface area (TPSA) is 72.6 Å². The van der Waals surface area contributed by atoms with Gasteiger partial charge >= 0.3 is 12.5 Å². The predicted octanol–water partition coefficient (Wildman–Crippen LogP) is 3.86. The second-order valence-corrected chi connectivity index (χ2v) is 6.99. The molecular weight excluding hydrogens is 444 g/mol. The summed E-state index contributed by atoms with van der Waals surface area (Å²) in [5.41, 5.74) is 1.01. The standard InChI is InChI=1S/C19H17F6N5O2/c1-10-13(11(2)30-17(26-10)27-16(28-30)18(20,21)22)8-15(31)29(3)9-12-6-4-5-7-14(12)32-19(23,24)25/h4-7H,8-9H2,1-3H3. The number of fused-ring (bicyclic) bond motifs is 1. The fourth-order valence-electron chi connectivity index (χ4n) is 3.07. The quantitative estimate of drug-likeness (QED) is 0.540. The summed E-state index contributed by atoms with van der Waals surface area (Å²) in [4.78, 5) is 21.3. The first-order valence-corrected chi connectivity index (χ1v) is 9.14. The van der Waals surface area contributed by atoms with Crippen LogP contribution in [0.2, 0.25) is 0 Å². The summed E-state index contributed by atoms with van der Waals surface area (Å²) in [6, 6.07) is 5.40. The number of hydrogen-bond acceptors (Lipinski definition) is 5. The van der Waals surface area contributed by atoms with E-state index in [1.807, 2.05) is 0 Å². The molecule has 2 aromatic heterocycles. The van der Waals surface area contributed by atoms with Gasteiger partial charge in [-0.2, -0.15) is 18.2 Å². The molecule has 0 spiro atoms. The third-order valence-corrected chi connectivity index (χ3v) is 4.66. The number of aryl methyl sites for hydroxylation is 2. The highest BCUT2D eigenvalue weighted by Crippen LogP contribution is 2.28. The number of para-hydroxylation sites is 1. The van der Waals surface area contributed by atoms with Crippen LogP contribution in [0.25, 0.3) is 5.78 Å². The van der Waals surface area contributed by atoms with Gasteiger partial charge in [-0.05, 0) is 19.9 Å². The van der Waals surface area contributed by atoms with Crippen LogP contribution >= 0.6 is 0 Å². The van der Waals surface area contributed by atoms with Gasteiger partial charge in [-0.1, -0.05) is 18.2 Å². The molecule has 0 unspecified atom stereocenters. The molecule has 1 aromatic carbocycles. The van der Waals surface area contributed by atoms with Gasteiger partial charge < -0.3 is 9.64 Å². The molecule has 3 rings (SSSR count). The lowest BCUT2D eigenvalue weighted by Crippen LogP contribution is -2.29. The lowest BCUT2D eigenvalue weighted by Gasteiger charge is -2.20. The maximum Gasteiger partial charge on any atom is 0.573 e. The number of carbonyl (C=O) groups excluding carboxylic acids is 1. The molecule has 7 nitrogen and oxygen atoms in total. The summed E-state index contributed by atoms with van der Waals surface area (Å²) in [5, 5.41) is 3.42. The highest BCUT2D eigenvalue weighted by Gasteiger charge is 2.37. The summed E-state index contributed by atoms with van der Waals surface area (Å²) in [7, 11) is 1.39. The van der Waals surface area contributed by atoms with Crippen LogP contribution in [-0.2, 0) is 23.9 Å². The molecule has 0 atom stereocenters. The Balaban J connectivity index is 1.83. The Hall–Kier alpha value is -3.38. The minimum Gasteiger partial charge on any atom is -0.405 e. The van der Waals surface area contributed by atoms with Gasteiger partial charge in [-0.25, -0.2) is 9.50 Å². The summed E-state index contributed by atoms with van der Waals surface area (Å²) < 4.78 is 81.4. The van der Waals surface area contributed by atoms with Gasteiger partial charge in [-0.15, -0.1) is 18.3 Å². The van der Waals surface area contributed by atoms with E-state index in [-0.39, 0.29) is 30.0 Å². The molecule has 0 N–H and O–H groups in total. The largest absolute Gasteiger partial charge is 0.573 e. The SMILES string of the molecule is Cc1nc2nc(C(F)(F)F)nn2c(C)c1CC(=O)N(C)Cc1ccccc1OC(F)(F)F. The van der Waals surface area contributed by atoms with Crippen LogP contribution in [0.1, 0.15) is 28.3 Å². The number of rotatable bonds is 5. The molecule has 0 fully saturated rings. The highest BCUT2D eigenvalue weighted by molar-refractivity contribution is 5.79. The first-order valence-electron chi connectivity index (χ1n) is 9.14. The Morgan fingerprint density at radius 3 is 2.38 bits per heavy atom. The second-order valence-electron chi connectivity index (χ2n) is 6.99. The van der Waals surface area contributed by atoms with Crippen LogP contribution in [0, 0.1) is 13.8 Å². The Labute approximate surface area is 177 Å². The highest BCUT2D eigenvalue weighted by atomic mass is 19.4. The fourth-order valence-corrected chi connectivity index (χ4v) is 3.07. The molecule has 0 saturated carbocycles.